The highest BCUT2D eigenvalue weighted by Crippen LogP contribution is 2.07. The molecule has 0 radical (unpaired) electrons. The molecule has 4 nitrogen and oxygen atoms in total. The van der Waals surface area contributed by atoms with Gasteiger partial charge in [-0.25, -0.2) is 0 Å². The van der Waals surface area contributed by atoms with E-state index in [1.54, 1.807) is 4.68 Å². The van der Waals surface area contributed by atoms with Crippen molar-refractivity contribution in [2.75, 3.05) is 13.1 Å². The van der Waals surface area contributed by atoms with Gasteiger partial charge in [0.1, 0.15) is 5.78 Å². The SMILES string of the molecule is CCNCC(C)C(=O)Cc1cc(C)nn1C. The second kappa shape index (κ2) is 5.80. The van der Waals surface area contributed by atoms with Gasteiger partial charge in [0.15, 0.2) is 0 Å². The Morgan fingerprint density at radius 3 is 2.81 bits per heavy atom. The number of nitrogens with zero attached hydrogens (tertiary/aromatic N) is 2. The standard InChI is InChI=1S/C12H21N3O/c1-5-13-8-9(2)12(16)7-11-6-10(3)14-15(11)4/h6,9,13H,5,7-8H2,1-4H3. The fourth-order valence-corrected chi connectivity index (χ4v) is 1.66. The number of carbonyl (C=O) groups is 1. The summed E-state index contributed by atoms with van der Waals surface area (Å²) in [5.41, 5.74) is 1.95. The van der Waals surface area contributed by atoms with Gasteiger partial charge < -0.3 is 5.32 Å². The summed E-state index contributed by atoms with van der Waals surface area (Å²) in [6.45, 7) is 7.61. The maximum atomic E-state index is 11.9. The molecule has 0 saturated heterocycles. The largest absolute Gasteiger partial charge is 0.316 e. The third kappa shape index (κ3) is 3.45. The second-order valence-corrected chi connectivity index (χ2v) is 4.25. The van der Waals surface area contributed by atoms with E-state index in [4.69, 9.17) is 0 Å². The average Bonchev–Trinajstić information content (AvgIpc) is 2.53. The van der Waals surface area contributed by atoms with Gasteiger partial charge in [-0.1, -0.05) is 13.8 Å². The molecule has 1 heterocycles. The van der Waals surface area contributed by atoms with Crippen LogP contribution in [0.4, 0.5) is 0 Å². The molecule has 4 heteroatoms. The summed E-state index contributed by atoms with van der Waals surface area (Å²) in [5, 5.41) is 7.43. The number of hydrogen-bond donors (Lipinski definition) is 1. The second-order valence-electron chi connectivity index (χ2n) is 4.25. The van der Waals surface area contributed by atoms with Crippen LogP contribution in [-0.4, -0.2) is 28.7 Å². The van der Waals surface area contributed by atoms with Gasteiger partial charge in [0, 0.05) is 31.6 Å². The van der Waals surface area contributed by atoms with Gasteiger partial charge in [-0.05, 0) is 19.5 Å². The molecule has 1 rings (SSSR count). The van der Waals surface area contributed by atoms with Crippen molar-refractivity contribution in [2.45, 2.75) is 27.2 Å². The smallest absolute Gasteiger partial charge is 0.142 e. The lowest BCUT2D eigenvalue weighted by Crippen LogP contribution is -2.27. The van der Waals surface area contributed by atoms with Crippen LogP contribution in [0.3, 0.4) is 0 Å². The fourth-order valence-electron chi connectivity index (χ4n) is 1.66. The molecule has 90 valence electrons. The van der Waals surface area contributed by atoms with E-state index in [0.29, 0.717) is 6.42 Å². The Bertz CT molecular complexity index is 357. The number of carbonyl (C=O) groups excluding carboxylic acids is 1. The van der Waals surface area contributed by atoms with E-state index in [2.05, 4.69) is 10.4 Å². The lowest BCUT2D eigenvalue weighted by atomic mass is 10.0. The van der Waals surface area contributed by atoms with Crippen molar-refractivity contribution in [3.8, 4) is 0 Å². The van der Waals surface area contributed by atoms with Crippen molar-refractivity contribution in [3.63, 3.8) is 0 Å². The van der Waals surface area contributed by atoms with Crippen molar-refractivity contribution < 1.29 is 4.79 Å². The maximum Gasteiger partial charge on any atom is 0.142 e. The van der Waals surface area contributed by atoms with E-state index in [9.17, 15) is 4.79 Å². The number of aromatic nitrogens is 2. The Morgan fingerprint density at radius 2 is 2.31 bits per heavy atom. The van der Waals surface area contributed by atoms with E-state index in [1.165, 1.54) is 0 Å². The van der Waals surface area contributed by atoms with Gasteiger partial charge >= 0.3 is 0 Å². The molecule has 0 spiro atoms. The maximum absolute atomic E-state index is 11.9. The highest BCUT2D eigenvalue weighted by molar-refractivity contribution is 5.82. The predicted molar refractivity (Wildman–Crippen MR) is 64.4 cm³/mol. The highest BCUT2D eigenvalue weighted by atomic mass is 16.1. The van der Waals surface area contributed by atoms with E-state index in [0.717, 1.165) is 24.5 Å². The molecule has 0 saturated carbocycles. The fraction of sp³-hybridized carbons (Fsp3) is 0.667. The number of hydrogen-bond acceptors (Lipinski definition) is 3. The Kier molecular flexibility index (Phi) is 4.68. The lowest BCUT2D eigenvalue weighted by Gasteiger charge is -2.10. The summed E-state index contributed by atoms with van der Waals surface area (Å²) in [7, 11) is 1.88. The molecule has 0 aromatic carbocycles. The molecule has 0 aliphatic rings. The first kappa shape index (κ1) is 12.9. The minimum Gasteiger partial charge on any atom is -0.316 e. The Labute approximate surface area is 97.0 Å². The molecule has 0 amide bonds. The van der Waals surface area contributed by atoms with Crippen LogP contribution in [0.1, 0.15) is 25.2 Å². The quantitative estimate of drug-likeness (QED) is 0.785. The number of nitrogens with one attached hydrogen (secondary N) is 1. The van der Waals surface area contributed by atoms with E-state index in [1.807, 2.05) is 33.9 Å². The van der Waals surface area contributed by atoms with Crippen LogP contribution >= 0.6 is 0 Å². The van der Waals surface area contributed by atoms with Crippen LogP contribution in [-0.2, 0) is 18.3 Å². The molecule has 0 fully saturated rings. The number of rotatable bonds is 6. The molecule has 1 aromatic rings. The minimum atomic E-state index is 0.0650. The molecule has 16 heavy (non-hydrogen) atoms. The molecule has 1 unspecified atom stereocenters. The van der Waals surface area contributed by atoms with Crippen LogP contribution in [0.25, 0.3) is 0 Å². The third-order valence-electron chi connectivity index (χ3n) is 2.70. The van der Waals surface area contributed by atoms with Gasteiger partial charge in [-0.2, -0.15) is 5.10 Å². The summed E-state index contributed by atoms with van der Waals surface area (Å²) in [4.78, 5) is 11.9. The molecule has 1 N–H and O–H groups in total. The molecule has 0 bridgehead atoms. The van der Waals surface area contributed by atoms with Gasteiger partial charge in [0.05, 0.1) is 5.69 Å². The summed E-state index contributed by atoms with van der Waals surface area (Å²) in [6, 6.07) is 1.97. The topological polar surface area (TPSA) is 46.9 Å². The van der Waals surface area contributed by atoms with Gasteiger partial charge in [0.25, 0.3) is 0 Å². The lowest BCUT2D eigenvalue weighted by molar-refractivity contribution is -0.121. The Hall–Kier alpha value is -1.16. The predicted octanol–water partition coefficient (Wildman–Crippen LogP) is 1.09. The van der Waals surface area contributed by atoms with Crippen molar-refractivity contribution in [2.24, 2.45) is 13.0 Å². The average molecular weight is 223 g/mol. The summed E-state index contributed by atoms with van der Waals surface area (Å²) < 4.78 is 1.78. The molecule has 0 aliphatic heterocycles. The van der Waals surface area contributed by atoms with Crippen molar-refractivity contribution in [3.05, 3.63) is 17.5 Å². The molecule has 1 atom stereocenters. The molecular formula is C12H21N3O. The molecule has 0 aliphatic carbocycles. The summed E-state index contributed by atoms with van der Waals surface area (Å²) >= 11 is 0. The van der Waals surface area contributed by atoms with Crippen molar-refractivity contribution >= 4 is 5.78 Å². The number of Topliss-reactive ketones (excluding diaryl/α,β-unsaturated/α-hetero) is 1. The zero-order valence-electron chi connectivity index (χ0n) is 10.6. The third-order valence-corrected chi connectivity index (χ3v) is 2.70. The first-order valence-electron chi connectivity index (χ1n) is 5.77. The normalized spacial score (nSPS) is 12.8. The zero-order chi connectivity index (χ0) is 12.1. The number of ketones is 1. The van der Waals surface area contributed by atoms with Crippen LogP contribution < -0.4 is 5.32 Å². The van der Waals surface area contributed by atoms with Crippen molar-refractivity contribution in [1.82, 2.24) is 15.1 Å². The zero-order valence-corrected chi connectivity index (χ0v) is 10.6. The van der Waals surface area contributed by atoms with Crippen LogP contribution in [0.2, 0.25) is 0 Å². The summed E-state index contributed by atoms with van der Waals surface area (Å²) in [6.07, 6.45) is 0.476. The van der Waals surface area contributed by atoms with Gasteiger partial charge in [-0.15, -0.1) is 0 Å². The first-order chi connectivity index (χ1) is 7.54. The van der Waals surface area contributed by atoms with E-state index < -0.39 is 0 Å². The van der Waals surface area contributed by atoms with Crippen LogP contribution in [0.5, 0.6) is 0 Å². The molecular weight excluding hydrogens is 202 g/mol. The molecule has 1 aromatic heterocycles. The van der Waals surface area contributed by atoms with E-state index in [-0.39, 0.29) is 11.7 Å². The van der Waals surface area contributed by atoms with Gasteiger partial charge in [0.2, 0.25) is 0 Å². The number of aryl methyl sites for hydroxylation is 2. The van der Waals surface area contributed by atoms with Crippen LogP contribution in [0.15, 0.2) is 6.07 Å². The summed E-state index contributed by atoms with van der Waals surface area (Å²) in [5.74, 6) is 0.333. The first-order valence-corrected chi connectivity index (χ1v) is 5.77. The van der Waals surface area contributed by atoms with Crippen molar-refractivity contribution in [1.29, 1.82) is 0 Å². The minimum absolute atomic E-state index is 0.0650. The Morgan fingerprint density at radius 1 is 1.62 bits per heavy atom. The van der Waals surface area contributed by atoms with Gasteiger partial charge in [-0.3, -0.25) is 9.48 Å². The van der Waals surface area contributed by atoms with E-state index >= 15 is 0 Å². The van der Waals surface area contributed by atoms with Crippen LogP contribution in [0, 0.1) is 12.8 Å². The monoisotopic (exact) mass is 223 g/mol. The Balaban J connectivity index is 2.53. The highest BCUT2D eigenvalue weighted by Gasteiger charge is 2.14.